The van der Waals surface area contributed by atoms with Gasteiger partial charge in [-0.15, -0.1) is 0 Å². The zero-order chi connectivity index (χ0) is 14.3. The van der Waals surface area contributed by atoms with E-state index in [2.05, 4.69) is 5.32 Å². The van der Waals surface area contributed by atoms with Crippen molar-refractivity contribution in [2.45, 2.75) is 12.8 Å². The first-order valence-electron chi connectivity index (χ1n) is 5.62. The van der Waals surface area contributed by atoms with Gasteiger partial charge in [0.05, 0.1) is 18.2 Å². The van der Waals surface area contributed by atoms with E-state index >= 15 is 0 Å². The van der Waals surface area contributed by atoms with Crippen molar-refractivity contribution in [3.8, 4) is 5.75 Å². The van der Waals surface area contributed by atoms with Gasteiger partial charge in [0.2, 0.25) is 11.8 Å². The lowest BCUT2D eigenvalue weighted by atomic mass is 10.3. The molecule has 0 fully saturated rings. The first kappa shape index (κ1) is 15.6. The molecular formula is C12H14Cl2N2O3. The molecule has 0 aliphatic rings. The van der Waals surface area contributed by atoms with E-state index in [4.69, 9.17) is 33.7 Å². The zero-order valence-electron chi connectivity index (χ0n) is 10.1. The second-order valence-electron chi connectivity index (χ2n) is 3.77. The number of carbonyl (C=O) groups is 2. The molecular weight excluding hydrogens is 291 g/mol. The average molecular weight is 305 g/mol. The molecule has 1 rings (SSSR count). The molecule has 0 radical (unpaired) electrons. The summed E-state index contributed by atoms with van der Waals surface area (Å²) < 4.78 is 5.41. The van der Waals surface area contributed by atoms with E-state index in [1.807, 2.05) is 0 Å². The van der Waals surface area contributed by atoms with Gasteiger partial charge in [-0.05, 0) is 24.6 Å². The molecule has 1 aromatic rings. The highest BCUT2D eigenvalue weighted by molar-refractivity contribution is 6.35. The van der Waals surface area contributed by atoms with Crippen molar-refractivity contribution in [3.05, 3.63) is 28.2 Å². The second kappa shape index (κ2) is 7.86. The number of amides is 2. The van der Waals surface area contributed by atoms with Gasteiger partial charge >= 0.3 is 0 Å². The molecule has 104 valence electrons. The van der Waals surface area contributed by atoms with Crippen molar-refractivity contribution in [1.82, 2.24) is 5.32 Å². The van der Waals surface area contributed by atoms with Crippen LogP contribution < -0.4 is 15.8 Å². The molecule has 3 N–H and O–H groups in total. The van der Waals surface area contributed by atoms with Crippen LogP contribution in [0.4, 0.5) is 0 Å². The van der Waals surface area contributed by atoms with Crippen LogP contribution in [0.25, 0.3) is 0 Å². The van der Waals surface area contributed by atoms with Gasteiger partial charge in [0.15, 0.2) is 0 Å². The second-order valence-corrected chi connectivity index (χ2v) is 4.61. The third-order valence-electron chi connectivity index (χ3n) is 2.16. The molecule has 7 heteroatoms. The Kier molecular flexibility index (Phi) is 6.45. The van der Waals surface area contributed by atoms with E-state index in [-0.39, 0.29) is 18.9 Å². The standard InChI is InChI=1S/C12H14Cl2N2O3/c13-8-3-4-10(9(14)6-8)19-5-1-2-12(18)16-7-11(15)17/h3-4,6H,1-2,5,7H2,(H2,15,17)(H,16,18). The predicted molar refractivity (Wildman–Crippen MR) is 73.4 cm³/mol. The Bertz CT molecular complexity index is 466. The number of benzene rings is 1. The number of nitrogens with two attached hydrogens (primary N) is 1. The topological polar surface area (TPSA) is 81.4 Å². The van der Waals surface area contributed by atoms with Crippen molar-refractivity contribution in [2.75, 3.05) is 13.2 Å². The van der Waals surface area contributed by atoms with Crippen LogP contribution in [0.15, 0.2) is 18.2 Å². The fourth-order valence-corrected chi connectivity index (χ4v) is 1.74. The molecule has 0 atom stereocenters. The molecule has 0 bridgehead atoms. The van der Waals surface area contributed by atoms with Crippen LogP contribution in [-0.4, -0.2) is 25.0 Å². The number of rotatable bonds is 7. The van der Waals surface area contributed by atoms with Crippen LogP contribution >= 0.6 is 23.2 Å². The van der Waals surface area contributed by atoms with E-state index in [0.29, 0.717) is 28.8 Å². The maximum Gasteiger partial charge on any atom is 0.236 e. The highest BCUT2D eigenvalue weighted by Gasteiger charge is 2.05. The Labute approximate surface area is 121 Å². The van der Waals surface area contributed by atoms with Gasteiger partial charge in [-0.1, -0.05) is 23.2 Å². The minimum Gasteiger partial charge on any atom is -0.492 e. The van der Waals surface area contributed by atoms with E-state index < -0.39 is 5.91 Å². The lowest BCUT2D eigenvalue weighted by Gasteiger charge is -2.08. The highest BCUT2D eigenvalue weighted by atomic mass is 35.5. The molecule has 0 saturated heterocycles. The van der Waals surface area contributed by atoms with Gasteiger partial charge in [-0.3, -0.25) is 9.59 Å². The monoisotopic (exact) mass is 304 g/mol. The number of hydrogen-bond acceptors (Lipinski definition) is 3. The number of carbonyl (C=O) groups excluding carboxylic acids is 2. The van der Waals surface area contributed by atoms with Gasteiger partial charge < -0.3 is 15.8 Å². The van der Waals surface area contributed by atoms with Crippen molar-refractivity contribution < 1.29 is 14.3 Å². The number of ether oxygens (including phenoxy) is 1. The van der Waals surface area contributed by atoms with Crippen LogP contribution in [0.2, 0.25) is 10.0 Å². The highest BCUT2D eigenvalue weighted by Crippen LogP contribution is 2.27. The van der Waals surface area contributed by atoms with Gasteiger partial charge in [0, 0.05) is 11.4 Å². The number of hydrogen-bond donors (Lipinski definition) is 2. The Hall–Kier alpha value is -1.46. The quantitative estimate of drug-likeness (QED) is 0.753. The first-order chi connectivity index (χ1) is 8.99. The van der Waals surface area contributed by atoms with E-state index in [0.717, 1.165) is 0 Å². The molecule has 0 heterocycles. The summed E-state index contributed by atoms with van der Waals surface area (Å²) in [5.41, 5.74) is 4.90. The molecule has 0 aliphatic heterocycles. The third-order valence-corrected chi connectivity index (χ3v) is 2.69. The summed E-state index contributed by atoms with van der Waals surface area (Å²) >= 11 is 11.7. The summed E-state index contributed by atoms with van der Waals surface area (Å²) in [6, 6.07) is 4.91. The average Bonchev–Trinajstić information content (AvgIpc) is 2.34. The van der Waals surface area contributed by atoms with Gasteiger partial charge in [0.25, 0.3) is 0 Å². The van der Waals surface area contributed by atoms with Crippen molar-refractivity contribution in [2.24, 2.45) is 5.73 Å². The molecule has 0 spiro atoms. The summed E-state index contributed by atoms with van der Waals surface area (Å²) in [7, 11) is 0. The van der Waals surface area contributed by atoms with Crippen LogP contribution in [-0.2, 0) is 9.59 Å². The molecule has 19 heavy (non-hydrogen) atoms. The minimum atomic E-state index is -0.572. The van der Waals surface area contributed by atoms with Gasteiger partial charge in [-0.25, -0.2) is 0 Å². The van der Waals surface area contributed by atoms with Crippen molar-refractivity contribution >= 4 is 35.0 Å². The van der Waals surface area contributed by atoms with Crippen LogP contribution in [0.5, 0.6) is 5.75 Å². The smallest absolute Gasteiger partial charge is 0.236 e. The van der Waals surface area contributed by atoms with Crippen molar-refractivity contribution in [3.63, 3.8) is 0 Å². The molecule has 2 amide bonds. The fourth-order valence-electron chi connectivity index (χ4n) is 1.28. The Morgan fingerprint density at radius 1 is 1.32 bits per heavy atom. The molecule has 0 aromatic heterocycles. The molecule has 0 unspecified atom stereocenters. The summed E-state index contributed by atoms with van der Waals surface area (Å²) in [5.74, 6) is -0.300. The summed E-state index contributed by atoms with van der Waals surface area (Å²) in [5, 5.41) is 3.34. The summed E-state index contributed by atoms with van der Waals surface area (Å²) in [6.07, 6.45) is 0.752. The Morgan fingerprint density at radius 3 is 2.68 bits per heavy atom. The van der Waals surface area contributed by atoms with E-state index in [1.54, 1.807) is 18.2 Å². The van der Waals surface area contributed by atoms with Crippen LogP contribution in [0.1, 0.15) is 12.8 Å². The number of halogens is 2. The van der Waals surface area contributed by atoms with Crippen molar-refractivity contribution in [1.29, 1.82) is 0 Å². The van der Waals surface area contributed by atoms with Gasteiger partial charge in [0.1, 0.15) is 5.75 Å². The Morgan fingerprint density at radius 2 is 2.05 bits per heavy atom. The molecule has 1 aromatic carbocycles. The van der Waals surface area contributed by atoms with Crippen LogP contribution in [0, 0.1) is 0 Å². The Balaban J connectivity index is 2.23. The lowest BCUT2D eigenvalue weighted by Crippen LogP contribution is -2.33. The summed E-state index contributed by atoms with van der Waals surface area (Å²) in [4.78, 5) is 21.7. The SMILES string of the molecule is NC(=O)CNC(=O)CCCOc1ccc(Cl)cc1Cl. The largest absolute Gasteiger partial charge is 0.492 e. The normalized spacial score (nSPS) is 10.0. The van der Waals surface area contributed by atoms with Gasteiger partial charge in [-0.2, -0.15) is 0 Å². The van der Waals surface area contributed by atoms with Crippen LogP contribution in [0.3, 0.4) is 0 Å². The number of nitrogens with one attached hydrogen (secondary N) is 1. The lowest BCUT2D eigenvalue weighted by molar-refractivity contribution is -0.124. The summed E-state index contributed by atoms with van der Waals surface area (Å²) in [6.45, 7) is 0.189. The predicted octanol–water partition coefficient (Wildman–Crippen LogP) is 1.75. The zero-order valence-corrected chi connectivity index (χ0v) is 11.6. The molecule has 0 saturated carbocycles. The van der Waals surface area contributed by atoms with E-state index in [1.165, 1.54) is 0 Å². The molecule has 0 aliphatic carbocycles. The fraction of sp³-hybridized carbons (Fsp3) is 0.333. The molecule has 5 nitrogen and oxygen atoms in total. The maximum absolute atomic E-state index is 11.3. The first-order valence-corrected chi connectivity index (χ1v) is 6.37. The van der Waals surface area contributed by atoms with E-state index in [9.17, 15) is 9.59 Å². The maximum atomic E-state index is 11.3. The minimum absolute atomic E-state index is 0.150. The number of primary amides is 1. The third kappa shape index (κ3) is 6.31.